The number of rotatable bonds is 1. The number of nitrogens with one attached hydrogen (secondary N) is 1. The molecule has 0 aliphatic carbocycles. The molecule has 0 aromatic heterocycles. The molecule has 0 fully saturated rings. The van der Waals surface area contributed by atoms with E-state index in [4.69, 9.17) is 0 Å². The largest absolute Gasteiger partial charge is 0.416 e. The summed E-state index contributed by atoms with van der Waals surface area (Å²) in [5.41, 5.74) is -3.49. The lowest BCUT2D eigenvalue weighted by atomic mass is 10.1. The van der Waals surface area contributed by atoms with Crippen LogP contribution in [0.1, 0.15) is 31.9 Å². The van der Waals surface area contributed by atoms with Crippen molar-refractivity contribution >= 4 is 11.6 Å². The Morgan fingerprint density at radius 2 is 1.25 bits per heavy atom. The van der Waals surface area contributed by atoms with Crippen molar-refractivity contribution in [1.29, 1.82) is 0 Å². The number of amides is 1. The Morgan fingerprint density at radius 1 is 0.900 bits per heavy atom. The normalized spacial score (nSPS) is 11.4. The monoisotopic (exact) mass is 301 g/mol. The summed E-state index contributed by atoms with van der Waals surface area (Å²) in [6.45, 7) is 4.98. The van der Waals surface area contributed by atoms with Gasteiger partial charge >= 0.3 is 12.4 Å². The van der Waals surface area contributed by atoms with Gasteiger partial charge in [-0.05, 0) is 18.2 Å². The fourth-order valence-corrected chi connectivity index (χ4v) is 1.23. The van der Waals surface area contributed by atoms with Crippen molar-refractivity contribution in [2.75, 3.05) is 5.32 Å². The molecule has 1 aromatic rings. The molecule has 0 aliphatic heterocycles. The Bertz CT molecular complexity index is 432. The van der Waals surface area contributed by atoms with E-state index in [0.717, 1.165) is 6.92 Å². The third-order valence-corrected chi connectivity index (χ3v) is 1.91. The first-order valence-corrected chi connectivity index (χ1v) is 5.57. The minimum atomic E-state index is -4.92. The first kappa shape index (κ1) is 18.3. The third kappa shape index (κ3) is 5.50. The molecule has 0 unspecified atom stereocenters. The molecule has 20 heavy (non-hydrogen) atoms. The Labute approximate surface area is 111 Å². The van der Waals surface area contributed by atoms with E-state index >= 15 is 0 Å². The molecule has 0 saturated heterocycles. The van der Waals surface area contributed by atoms with Gasteiger partial charge in [0.2, 0.25) is 5.91 Å². The van der Waals surface area contributed by atoms with E-state index in [0.29, 0.717) is 12.1 Å². The van der Waals surface area contributed by atoms with Crippen LogP contribution in [0.5, 0.6) is 0 Å². The van der Waals surface area contributed by atoms with Gasteiger partial charge < -0.3 is 5.32 Å². The van der Waals surface area contributed by atoms with Gasteiger partial charge in [-0.3, -0.25) is 4.79 Å². The first-order valence-electron chi connectivity index (χ1n) is 5.57. The number of carbonyl (C=O) groups excluding carboxylic acids is 1. The van der Waals surface area contributed by atoms with Gasteiger partial charge in [-0.15, -0.1) is 0 Å². The van der Waals surface area contributed by atoms with Crippen LogP contribution in [0, 0.1) is 0 Å². The average Bonchev–Trinajstić information content (AvgIpc) is 2.28. The van der Waals surface area contributed by atoms with E-state index in [9.17, 15) is 31.1 Å². The minimum Gasteiger partial charge on any atom is -0.326 e. The van der Waals surface area contributed by atoms with Gasteiger partial charge in [0.1, 0.15) is 0 Å². The second-order valence-corrected chi connectivity index (χ2v) is 3.48. The highest BCUT2D eigenvalue weighted by Gasteiger charge is 2.36. The van der Waals surface area contributed by atoms with Crippen molar-refractivity contribution in [3.05, 3.63) is 29.3 Å². The number of carbonyl (C=O) groups is 1. The smallest absolute Gasteiger partial charge is 0.326 e. The van der Waals surface area contributed by atoms with E-state index in [2.05, 4.69) is 0 Å². The van der Waals surface area contributed by atoms with E-state index in [1.54, 1.807) is 0 Å². The Balaban J connectivity index is 0.00000172. The van der Waals surface area contributed by atoms with E-state index in [1.165, 1.54) is 0 Å². The minimum absolute atomic E-state index is 0.00861. The van der Waals surface area contributed by atoms with Crippen molar-refractivity contribution in [1.82, 2.24) is 0 Å². The predicted molar refractivity (Wildman–Crippen MR) is 62.1 cm³/mol. The summed E-state index contributed by atoms with van der Waals surface area (Å²) in [5.74, 6) is -0.762. The van der Waals surface area contributed by atoms with Crippen LogP contribution < -0.4 is 5.32 Å². The summed E-state index contributed by atoms with van der Waals surface area (Å²) in [5, 5.41) is 1.89. The van der Waals surface area contributed by atoms with Crippen LogP contribution in [0.3, 0.4) is 0 Å². The molecule has 0 aliphatic rings. The van der Waals surface area contributed by atoms with Crippen LogP contribution in [0.4, 0.5) is 32.0 Å². The fraction of sp³-hybridized carbons (Fsp3) is 0.417. The molecule has 1 amide bonds. The number of anilines is 1. The zero-order valence-electron chi connectivity index (χ0n) is 10.9. The van der Waals surface area contributed by atoms with Gasteiger partial charge in [0.05, 0.1) is 11.1 Å². The number of benzene rings is 1. The molecular formula is C12H13F6NO. The van der Waals surface area contributed by atoms with Crippen molar-refractivity contribution < 1.29 is 31.1 Å². The van der Waals surface area contributed by atoms with Gasteiger partial charge in [-0.2, -0.15) is 26.3 Å². The molecule has 114 valence electrons. The zero-order valence-corrected chi connectivity index (χ0v) is 10.9. The van der Waals surface area contributed by atoms with Gasteiger partial charge in [-0.25, -0.2) is 0 Å². The maximum atomic E-state index is 12.4. The standard InChI is InChI=1S/C10H7F6NO.C2H6/c1-5(18)17-8-3-6(9(11,12)13)2-7(4-8)10(14,15)16;1-2/h2-4H,1H3,(H,17,18);1-2H3. The molecule has 0 bridgehead atoms. The summed E-state index contributed by atoms with van der Waals surface area (Å²) in [6.07, 6.45) is -9.84. The van der Waals surface area contributed by atoms with E-state index < -0.39 is 35.1 Å². The quantitative estimate of drug-likeness (QED) is 0.748. The van der Waals surface area contributed by atoms with Crippen LogP contribution in [-0.4, -0.2) is 5.91 Å². The van der Waals surface area contributed by atoms with Crippen molar-refractivity contribution in [2.24, 2.45) is 0 Å². The van der Waals surface area contributed by atoms with Gasteiger partial charge in [0.25, 0.3) is 0 Å². The van der Waals surface area contributed by atoms with Crippen LogP contribution >= 0.6 is 0 Å². The topological polar surface area (TPSA) is 29.1 Å². The van der Waals surface area contributed by atoms with Crippen LogP contribution in [0.25, 0.3) is 0 Å². The summed E-state index contributed by atoms with van der Waals surface area (Å²) < 4.78 is 74.4. The molecule has 1 N–H and O–H groups in total. The molecule has 0 saturated carbocycles. The number of hydrogen-bond donors (Lipinski definition) is 1. The predicted octanol–water partition coefficient (Wildman–Crippen LogP) is 4.71. The lowest BCUT2D eigenvalue weighted by molar-refractivity contribution is -0.143. The highest BCUT2D eigenvalue weighted by atomic mass is 19.4. The van der Waals surface area contributed by atoms with Crippen LogP contribution in [-0.2, 0) is 17.1 Å². The molecule has 0 radical (unpaired) electrons. The van der Waals surface area contributed by atoms with Gasteiger partial charge in [0.15, 0.2) is 0 Å². The molecule has 0 heterocycles. The summed E-state index contributed by atoms with van der Waals surface area (Å²) in [7, 11) is 0. The van der Waals surface area contributed by atoms with Crippen molar-refractivity contribution in [3.63, 3.8) is 0 Å². The summed E-state index contributed by atoms with van der Waals surface area (Å²) in [4.78, 5) is 10.7. The molecule has 1 rings (SSSR count). The van der Waals surface area contributed by atoms with Crippen LogP contribution in [0.15, 0.2) is 18.2 Å². The molecule has 0 spiro atoms. The molecule has 1 aromatic carbocycles. The maximum absolute atomic E-state index is 12.4. The Morgan fingerprint density at radius 3 is 1.50 bits per heavy atom. The molecule has 2 nitrogen and oxygen atoms in total. The molecular weight excluding hydrogens is 288 g/mol. The zero-order chi connectivity index (χ0) is 16.1. The van der Waals surface area contributed by atoms with Gasteiger partial charge in [0, 0.05) is 12.6 Å². The average molecular weight is 301 g/mol. The lowest BCUT2D eigenvalue weighted by Crippen LogP contribution is -2.13. The SMILES string of the molecule is CC.CC(=O)Nc1cc(C(F)(F)F)cc(C(F)(F)F)c1. The Hall–Kier alpha value is -1.73. The second kappa shape index (κ2) is 6.62. The molecule has 0 atom stereocenters. The maximum Gasteiger partial charge on any atom is 0.416 e. The number of halogens is 6. The van der Waals surface area contributed by atoms with E-state index in [1.807, 2.05) is 19.2 Å². The third-order valence-electron chi connectivity index (χ3n) is 1.91. The van der Waals surface area contributed by atoms with Crippen LogP contribution in [0.2, 0.25) is 0 Å². The highest BCUT2D eigenvalue weighted by molar-refractivity contribution is 5.88. The molecule has 8 heteroatoms. The summed E-state index contributed by atoms with van der Waals surface area (Å²) in [6, 6.07) is 0.874. The second-order valence-electron chi connectivity index (χ2n) is 3.48. The van der Waals surface area contributed by atoms with E-state index in [-0.39, 0.29) is 6.07 Å². The first-order chi connectivity index (χ1) is 9.00. The van der Waals surface area contributed by atoms with Crippen molar-refractivity contribution in [3.8, 4) is 0 Å². The van der Waals surface area contributed by atoms with Crippen molar-refractivity contribution in [2.45, 2.75) is 33.1 Å². The Kier molecular flexibility index (Phi) is 6.05. The lowest BCUT2D eigenvalue weighted by Gasteiger charge is -2.14. The fourth-order valence-electron chi connectivity index (χ4n) is 1.23. The van der Waals surface area contributed by atoms with Gasteiger partial charge in [-0.1, -0.05) is 13.8 Å². The highest BCUT2D eigenvalue weighted by Crippen LogP contribution is 2.37. The number of alkyl halides is 6. The number of hydrogen-bond acceptors (Lipinski definition) is 1. The summed E-state index contributed by atoms with van der Waals surface area (Å²) >= 11 is 0.